The fourth-order valence-electron chi connectivity index (χ4n) is 3.20. The number of aromatic hydroxyl groups is 2. The second kappa shape index (κ2) is 7.47. The number of phenolic OH excluding ortho intramolecular Hbond substituents is 2. The third-order valence-corrected chi connectivity index (χ3v) is 4.66. The standard InChI is InChI=1S/C21H26N2O4/c1-21(2,3)27-20(26)23-10-8-14(9-11-23)17-6-4-16(13-22-17)15-5-7-18(24)19(25)12-15/h4-7,12-14,24-25H,8-11H2,1-3H3. The number of nitrogens with zero attached hydrogens (tertiary/aromatic N) is 2. The Hall–Kier alpha value is -2.76. The number of hydrogen-bond acceptors (Lipinski definition) is 5. The number of aromatic nitrogens is 1. The van der Waals surface area contributed by atoms with Crippen LogP contribution in [0.25, 0.3) is 11.1 Å². The van der Waals surface area contributed by atoms with Crippen LogP contribution >= 0.6 is 0 Å². The van der Waals surface area contributed by atoms with E-state index in [9.17, 15) is 15.0 Å². The molecule has 1 aliphatic heterocycles. The van der Waals surface area contributed by atoms with Gasteiger partial charge in [-0.25, -0.2) is 4.79 Å². The number of amides is 1. The van der Waals surface area contributed by atoms with E-state index in [1.54, 1.807) is 17.2 Å². The molecule has 6 heteroatoms. The van der Waals surface area contributed by atoms with E-state index >= 15 is 0 Å². The van der Waals surface area contributed by atoms with Crippen molar-refractivity contribution in [3.05, 3.63) is 42.2 Å². The molecular formula is C21H26N2O4. The Morgan fingerprint density at radius 1 is 1.07 bits per heavy atom. The van der Waals surface area contributed by atoms with Gasteiger partial charge in [0.05, 0.1) is 0 Å². The molecule has 0 atom stereocenters. The Morgan fingerprint density at radius 3 is 2.30 bits per heavy atom. The van der Waals surface area contributed by atoms with Crippen LogP contribution in [0.3, 0.4) is 0 Å². The van der Waals surface area contributed by atoms with Crippen molar-refractivity contribution >= 4 is 6.09 Å². The average Bonchev–Trinajstić information content (AvgIpc) is 2.63. The molecule has 1 amide bonds. The number of carbonyl (C=O) groups is 1. The Labute approximate surface area is 159 Å². The van der Waals surface area contributed by atoms with Crippen LogP contribution in [0.4, 0.5) is 4.79 Å². The maximum atomic E-state index is 12.2. The molecule has 0 aliphatic carbocycles. The second-order valence-electron chi connectivity index (χ2n) is 7.92. The number of carbonyl (C=O) groups excluding carboxylic acids is 1. The highest BCUT2D eigenvalue weighted by Gasteiger charge is 2.27. The van der Waals surface area contributed by atoms with Crippen LogP contribution in [-0.2, 0) is 4.74 Å². The van der Waals surface area contributed by atoms with E-state index in [0.717, 1.165) is 29.7 Å². The van der Waals surface area contributed by atoms with E-state index in [1.165, 1.54) is 12.1 Å². The summed E-state index contributed by atoms with van der Waals surface area (Å²) in [5, 5.41) is 19.1. The van der Waals surface area contributed by atoms with Gasteiger partial charge in [0.2, 0.25) is 0 Å². The molecule has 2 N–H and O–H groups in total. The zero-order valence-corrected chi connectivity index (χ0v) is 16.0. The van der Waals surface area contributed by atoms with E-state index in [4.69, 9.17) is 4.74 Å². The normalized spacial score (nSPS) is 15.6. The van der Waals surface area contributed by atoms with Crippen molar-refractivity contribution in [2.75, 3.05) is 13.1 Å². The third-order valence-electron chi connectivity index (χ3n) is 4.66. The summed E-state index contributed by atoms with van der Waals surface area (Å²) in [7, 11) is 0. The van der Waals surface area contributed by atoms with Crippen molar-refractivity contribution < 1.29 is 19.7 Å². The highest BCUT2D eigenvalue weighted by atomic mass is 16.6. The predicted octanol–water partition coefficient (Wildman–Crippen LogP) is 4.27. The van der Waals surface area contributed by atoms with Crippen LogP contribution in [0.5, 0.6) is 11.5 Å². The van der Waals surface area contributed by atoms with Crippen LogP contribution in [0.1, 0.15) is 45.2 Å². The minimum Gasteiger partial charge on any atom is -0.504 e. The molecule has 1 fully saturated rings. The first-order valence-electron chi connectivity index (χ1n) is 9.19. The molecule has 0 spiro atoms. The number of pyridine rings is 1. The van der Waals surface area contributed by atoms with Gasteiger partial charge in [0, 0.05) is 36.5 Å². The van der Waals surface area contributed by atoms with Crippen LogP contribution in [0.2, 0.25) is 0 Å². The molecule has 144 valence electrons. The van der Waals surface area contributed by atoms with Gasteiger partial charge in [-0.05, 0) is 57.4 Å². The highest BCUT2D eigenvalue weighted by molar-refractivity contribution is 5.68. The van der Waals surface area contributed by atoms with Crippen LogP contribution in [-0.4, -0.2) is 44.9 Å². The second-order valence-corrected chi connectivity index (χ2v) is 7.92. The van der Waals surface area contributed by atoms with E-state index in [-0.39, 0.29) is 17.6 Å². The van der Waals surface area contributed by atoms with E-state index < -0.39 is 5.60 Å². The van der Waals surface area contributed by atoms with Gasteiger partial charge in [0.1, 0.15) is 5.60 Å². The van der Waals surface area contributed by atoms with Gasteiger partial charge in [0.25, 0.3) is 0 Å². The number of piperidine rings is 1. The minimum atomic E-state index is -0.478. The quantitative estimate of drug-likeness (QED) is 0.771. The van der Waals surface area contributed by atoms with Crippen LogP contribution in [0.15, 0.2) is 36.5 Å². The molecule has 6 nitrogen and oxygen atoms in total. The molecule has 2 aromatic rings. The fraction of sp³-hybridized carbons (Fsp3) is 0.429. The van der Waals surface area contributed by atoms with Gasteiger partial charge >= 0.3 is 6.09 Å². The molecule has 0 bridgehead atoms. The van der Waals surface area contributed by atoms with E-state index in [0.29, 0.717) is 19.0 Å². The van der Waals surface area contributed by atoms with Gasteiger partial charge in [-0.15, -0.1) is 0 Å². The lowest BCUT2D eigenvalue weighted by Gasteiger charge is -2.33. The molecule has 0 radical (unpaired) electrons. The first-order chi connectivity index (χ1) is 12.7. The summed E-state index contributed by atoms with van der Waals surface area (Å²) in [6.45, 7) is 6.94. The van der Waals surface area contributed by atoms with E-state index in [2.05, 4.69) is 4.98 Å². The number of benzene rings is 1. The Bertz CT molecular complexity index is 804. The topological polar surface area (TPSA) is 82.9 Å². The largest absolute Gasteiger partial charge is 0.504 e. The molecule has 2 heterocycles. The molecule has 0 saturated carbocycles. The van der Waals surface area contributed by atoms with Gasteiger partial charge < -0.3 is 19.8 Å². The number of rotatable bonds is 2. The molecule has 1 aromatic heterocycles. The average molecular weight is 370 g/mol. The highest BCUT2D eigenvalue weighted by Crippen LogP contribution is 2.32. The molecule has 1 aliphatic rings. The first kappa shape index (κ1) is 19.0. The van der Waals surface area contributed by atoms with Crippen LogP contribution < -0.4 is 0 Å². The number of likely N-dealkylation sites (tertiary alicyclic amines) is 1. The third kappa shape index (κ3) is 4.70. The predicted molar refractivity (Wildman–Crippen MR) is 103 cm³/mol. The van der Waals surface area contributed by atoms with Crippen LogP contribution in [0, 0.1) is 0 Å². The summed E-state index contributed by atoms with van der Waals surface area (Å²) in [4.78, 5) is 18.5. The van der Waals surface area contributed by atoms with Gasteiger partial charge in [0.15, 0.2) is 11.5 Å². The molecule has 27 heavy (non-hydrogen) atoms. The van der Waals surface area contributed by atoms with E-state index in [1.807, 2.05) is 32.9 Å². The lowest BCUT2D eigenvalue weighted by Crippen LogP contribution is -2.41. The van der Waals surface area contributed by atoms with Crippen molar-refractivity contribution in [2.45, 2.75) is 45.1 Å². The summed E-state index contributed by atoms with van der Waals surface area (Å²) in [5.74, 6) is 0.0251. The summed E-state index contributed by atoms with van der Waals surface area (Å²) >= 11 is 0. The minimum absolute atomic E-state index is 0.139. The number of hydrogen-bond donors (Lipinski definition) is 2. The van der Waals surface area contributed by atoms with Gasteiger partial charge in [-0.3, -0.25) is 4.98 Å². The fourth-order valence-corrected chi connectivity index (χ4v) is 3.20. The zero-order valence-electron chi connectivity index (χ0n) is 16.0. The summed E-state index contributed by atoms with van der Waals surface area (Å²) in [6.07, 6.45) is 3.23. The summed E-state index contributed by atoms with van der Waals surface area (Å²) < 4.78 is 5.43. The molecule has 1 aromatic carbocycles. The first-order valence-corrected chi connectivity index (χ1v) is 9.19. The smallest absolute Gasteiger partial charge is 0.410 e. The molecular weight excluding hydrogens is 344 g/mol. The maximum Gasteiger partial charge on any atom is 0.410 e. The van der Waals surface area contributed by atoms with Crippen molar-refractivity contribution in [3.8, 4) is 22.6 Å². The van der Waals surface area contributed by atoms with Crippen molar-refractivity contribution in [2.24, 2.45) is 0 Å². The number of ether oxygens (including phenoxy) is 1. The van der Waals surface area contributed by atoms with Gasteiger partial charge in [-0.2, -0.15) is 0 Å². The monoisotopic (exact) mass is 370 g/mol. The molecule has 0 unspecified atom stereocenters. The molecule has 1 saturated heterocycles. The Balaban J connectivity index is 1.62. The van der Waals surface area contributed by atoms with Crippen molar-refractivity contribution in [1.82, 2.24) is 9.88 Å². The Morgan fingerprint density at radius 2 is 1.74 bits per heavy atom. The van der Waals surface area contributed by atoms with Gasteiger partial charge in [-0.1, -0.05) is 12.1 Å². The lowest BCUT2D eigenvalue weighted by atomic mass is 9.92. The maximum absolute atomic E-state index is 12.2. The van der Waals surface area contributed by atoms with Crippen molar-refractivity contribution in [3.63, 3.8) is 0 Å². The van der Waals surface area contributed by atoms with Crippen molar-refractivity contribution in [1.29, 1.82) is 0 Å². The Kier molecular flexibility index (Phi) is 5.26. The zero-order chi connectivity index (χ0) is 19.6. The molecule has 3 rings (SSSR count). The SMILES string of the molecule is CC(C)(C)OC(=O)N1CCC(c2ccc(-c3ccc(O)c(O)c3)cn2)CC1. The summed E-state index contributed by atoms with van der Waals surface area (Å²) in [5.41, 5.74) is 2.20. The number of phenols is 2. The summed E-state index contributed by atoms with van der Waals surface area (Å²) in [6, 6.07) is 8.68. The lowest BCUT2D eigenvalue weighted by molar-refractivity contribution is 0.0204.